The second-order valence-corrected chi connectivity index (χ2v) is 6.79. The smallest absolute Gasteiger partial charge is 0.264 e. The summed E-state index contributed by atoms with van der Waals surface area (Å²) < 4.78 is 5.78. The lowest BCUT2D eigenvalue weighted by Crippen LogP contribution is -2.44. The number of fused-ring (bicyclic) bond motifs is 1. The normalized spacial score (nSPS) is 22.4. The summed E-state index contributed by atoms with van der Waals surface area (Å²) in [6.45, 7) is 5.50. The van der Waals surface area contributed by atoms with Gasteiger partial charge in [0.15, 0.2) is 6.10 Å². The summed E-state index contributed by atoms with van der Waals surface area (Å²) in [6, 6.07) is 8.10. The SMILES string of the molecule is CC(C)NC(=O)CN[C@H]1CCN(C(=O)C2Cc3ccccc3O2)C1. The Kier molecular flexibility index (Phi) is 5.04. The highest BCUT2D eigenvalue weighted by atomic mass is 16.5. The van der Waals surface area contributed by atoms with Gasteiger partial charge in [0, 0.05) is 31.6 Å². The standard InChI is InChI=1S/C18H25N3O3/c1-12(2)20-17(22)10-19-14-7-8-21(11-14)18(23)16-9-13-5-3-4-6-15(13)24-16/h3-6,12,14,16,19H,7-11H2,1-2H3,(H,20,22)/t14-,16?/m0/s1. The van der Waals surface area contributed by atoms with E-state index in [1.165, 1.54) is 0 Å². The number of ether oxygens (including phenoxy) is 1. The topological polar surface area (TPSA) is 70.7 Å². The zero-order valence-corrected chi connectivity index (χ0v) is 14.2. The zero-order chi connectivity index (χ0) is 17.1. The van der Waals surface area contributed by atoms with Crippen LogP contribution in [0, 0.1) is 0 Å². The highest BCUT2D eigenvalue weighted by molar-refractivity contribution is 5.83. The summed E-state index contributed by atoms with van der Waals surface area (Å²) in [6.07, 6.45) is 1.09. The molecule has 0 bridgehead atoms. The Morgan fingerprint density at radius 1 is 1.33 bits per heavy atom. The molecule has 2 N–H and O–H groups in total. The first-order chi connectivity index (χ1) is 11.5. The summed E-state index contributed by atoms with van der Waals surface area (Å²) in [5, 5.41) is 6.09. The van der Waals surface area contributed by atoms with Crippen LogP contribution < -0.4 is 15.4 Å². The molecule has 2 aliphatic rings. The van der Waals surface area contributed by atoms with Gasteiger partial charge in [-0.15, -0.1) is 0 Å². The highest BCUT2D eigenvalue weighted by Crippen LogP contribution is 2.29. The van der Waals surface area contributed by atoms with Gasteiger partial charge in [-0.05, 0) is 31.9 Å². The third-order valence-electron chi connectivity index (χ3n) is 4.42. The average Bonchev–Trinajstić information content (AvgIpc) is 3.18. The lowest BCUT2D eigenvalue weighted by Gasteiger charge is -2.20. The number of benzene rings is 1. The maximum absolute atomic E-state index is 12.6. The van der Waals surface area contributed by atoms with E-state index in [0.717, 1.165) is 17.7 Å². The first kappa shape index (κ1) is 16.8. The summed E-state index contributed by atoms with van der Waals surface area (Å²) >= 11 is 0. The van der Waals surface area contributed by atoms with Crippen molar-refractivity contribution in [3.63, 3.8) is 0 Å². The molecule has 0 saturated carbocycles. The number of hydrogen-bond donors (Lipinski definition) is 2. The van der Waals surface area contributed by atoms with Crippen molar-refractivity contribution in [3.05, 3.63) is 29.8 Å². The number of amides is 2. The van der Waals surface area contributed by atoms with Gasteiger partial charge in [0.25, 0.3) is 5.91 Å². The van der Waals surface area contributed by atoms with E-state index in [9.17, 15) is 9.59 Å². The van der Waals surface area contributed by atoms with Crippen molar-refractivity contribution in [2.24, 2.45) is 0 Å². The van der Waals surface area contributed by atoms with Crippen LogP contribution >= 0.6 is 0 Å². The lowest BCUT2D eigenvalue weighted by atomic mass is 10.1. The number of hydrogen-bond acceptors (Lipinski definition) is 4. The quantitative estimate of drug-likeness (QED) is 0.833. The van der Waals surface area contributed by atoms with E-state index < -0.39 is 6.10 Å². The fourth-order valence-corrected chi connectivity index (χ4v) is 3.26. The van der Waals surface area contributed by atoms with Gasteiger partial charge in [-0.1, -0.05) is 18.2 Å². The Morgan fingerprint density at radius 3 is 2.88 bits per heavy atom. The highest BCUT2D eigenvalue weighted by Gasteiger charge is 2.35. The molecular weight excluding hydrogens is 306 g/mol. The van der Waals surface area contributed by atoms with Crippen molar-refractivity contribution in [2.75, 3.05) is 19.6 Å². The van der Waals surface area contributed by atoms with Crippen molar-refractivity contribution < 1.29 is 14.3 Å². The van der Waals surface area contributed by atoms with Gasteiger partial charge in [-0.2, -0.15) is 0 Å². The monoisotopic (exact) mass is 331 g/mol. The van der Waals surface area contributed by atoms with E-state index in [1.807, 2.05) is 43.0 Å². The Labute approximate surface area is 142 Å². The molecule has 1 unspecified atom stereocenters. The van der Waals surface area contributed by atoms with Gasteiger partial charge in [0.2, 0.25) is 5.91 Å². The van der Waals surface area contributed by atoms with Crippen LogP contribution in [0.15, 0.2) is 24.3 Å². The molecule has 3 rings (SSSR count). The van der Waals surface area contributed by atoms with Crippen molar-refractivity contribution in [1.29, 1.82) is 0 Å². The van der Waals surface area contributed by atoms with Gasteiger partial charge in [0.1, 0.15) is 5.75 Å². The summed E-state index contributed by atoms with van der Waals surface area (Å²) in [4.78, 5) is 26.2. The molecule has 1 fully saturated rings. The van der Waals surface area contributed by atoms with E-state index in [4.69, 9.17) is 4.74 Å². The minimum Gasteiger partial charge on any atom is -0.480 e. The molecule has 2 heterocycles. The zero-order valence-electron chi connectivity index (χ0n) is 14.2. The molecule has 1 aromatic carbocycles. The first-order valence-corrected chi connectivity index (χ1v) is 8.59. The second-order valence-electron chi connectivity index (χ2n) is 6.79. The number of carbonyl (C=O) groups is 2. The predicted molar refractivity (Wildman–Crippen MR) is 90.8 cm³/mol. The number of nitrogens with zero attached hydrogens (tertiary/aromatic N) is 1. The van der Waals surface area contributed by atoms with E-state index in [2.05, 4.69) is 10.6 Å². The molecule has 0 aromatic heterocycles. The Morgan fingerprint density at radius 2 is 2.12 bits per heavy atom. The van der Waals surface area contributed by atoms with Crippen molar-refractivity contribution in [1.82, 2.24) is 15.5 Å². The third-order valence-corrected chi connectivity index (χ3v) is 4.42. The van der Waals surface area contributed by atoms with E-state index >= 15 is 0 Å². The molecule has 1 aromatic rings. The summed E-state index contributed by atoms with van der Waals surface area (Å²) in [5.41, 5.74) is 1.09. The Hall–Kier alpha value is -2.08. The van der Waals surface area contributed by atoms with E-state index in [-0.39, 0.29) is 30.4 Å². The molecule has 2 amide bonds. The summed E-state index contributed by atoms with van der Waals surface area (Å²) in [5.74, 6) is 0.849. The molecule has 2 aliphatic heterocycles. The van der Waals surface area contributed by atoms with E-state index in [1.54, 1.807) is 0 Å². The molecule has 0 aliphatic carbocycles. The van der Waals surface area contributed by atoms with Gasteiger partial charge in [0.05, 0.1) is 6.54 Å². The Bertz CT molecular complexity index is 592. The average molecular weight is 331 g/mol. The van der Waals surface area contributed by atoms with Crippen molar-refractivity contribution in [3.8, 4) is 5.75 Å². The summed E-state index contributed by atoms with van der Waals surface area (Å²) in [7, 11) is 0. The molecule has 0 spiro atoms. The maximum Gasteiger partial charge on any atom is 0.264 e. The largest absolute Gasteiger partial charge is 0.480 e. The lowest BCUT2D eigenvalue weighted by molar-refractivity contribution is -0.136. The van der Waals surface area contributed by atoms with Crippen molar-refractivity contribution in [2.45, 2.75) is 44.9 Å². The van der Waals surface area contributed by atoms with Crippen LogP contribution in [0.2, 0.25) is 0 Å². The van der Waals surface area contributed by atoms with Crippen LogP contribution in [-0.2, 0) is 16.0 Å². The van der Waals surface area contributed by atoms with Crippen LogP contribution in [0.5, 0.6) is 5.75 Å². The number of carbonyl (C=O) groups excluding carboxylic acids is 2. The molecule has 0 radical (unpaired) electrons. The predicted octanol–water partition coefficient (Wildman–Crippen LogP) is 0.705. The van der Waals surface area contributed by atoms with Gasteiger partial charge in [-0.25, -0.2) is 0 Å². The van der Waals surface area contributed by atoms with Crippen LogP contribution in [-0.4, -0.2) is 54.5 Å². The van der Waals surface area contributed by atoms with E-state index in [0.29, 0.717) is 19.5 Å². The fourth-order valence-electron chi connectivity index (χ4n) is 3.26. The molecule has 2 atom stereocenters. The number of likely N-dealkylation sites (tertiary alicyclic amines) is 1. The molecular formula is C18H25N3O3. The molecule has 6 heteroatoms. The number of para-hydroxylation sites is 1. The first-order valence-electron chi connectivity index (χ1n) is 8.59. The Balaban J connectivity index is 1.46. The molecule has 130 valence electrons. The number of rotatable bonds is 5. The maximum atomic E-state index is 12.6. The fraction of sp³-hybridized carbons (Fsp3) is 0.556. The minimum absolute atomic E-state index is 0.00986. The second kappa shape index (κ2) is 7.21. The third kappa shape index (κ3) is 3.87. The molecule has 24 heavy (non-hydrogen) atoms. The van der Waals surface area contributed by atoms with Crippen LogP contribution in [0.1, 0.15) is 25.8 Å². The molecule has 1 saturated heterocycles. The van der Waals surface area contributed by atoms with Crippen molar-refractivity contribution >= 4 is 11.8 Å². The van der Waals surface area contributed by atoms with Crippen LogP contribution in [0.3, 0.4) is 0 Å². The van der Waals surface area contributed by atoms with Gasteiger partial charge in [-0.3, -0.25) is 9.59 Å². The van der Waals surface area contributed by atoms with Crippen LogP contribution in [0.25, 0.3) is 0 Å². The molecule has 6 nitrogen and oxygen atoms in total. The van der Waals surface area contributed by atoms with Gasteiger partial charge < -0.3 is 20.3 Å². The number of nitrogens with one attached hydrogen (secondary N) is 2. The minimum atomic E-state index is -0.412. The van der Waals surface area contributed by atoms with Crippen LogP contribution in [0.4, 0.5) is 0 Å². The van der Waals surface area contributed by atoms with Gasteiger partial charge >= 0.3 is 0 Å².